The summed E-state index contributed by atoms with van der Waals surface area (Å²) in [5, 5.41) is 35.1. The topological polar surface area (TPSA) is 150 Å². The van der Waals surface area contributed by atoms with E-state index in [0.717, 1.165) is 0 Å². The number of nitrogens with one attached hydrogen (secondary N) is 1. The van der Waals surface area contributed by atoms with Crippen LogP contribution >= 0.6 is 0 Å². The summed E-state index contributed by atoms with van der Waals surface area (Å²) in [4.78, 5) is 6.90. The molecule has 3 rings (SSSR count). The lowest BCUT2D eigenvalue weighted by molar-refractivity contribution is -0.0236. The second-order valence-electron chi connectivity index (χ2n) is 4.47. The van der Waals surface area contributed by atoms with Crippen molar-refractivity contribution in [1.29, 1.82) is 0 Å². The number of ether oxygens (including phenoxy) is 1. The molecule has 6 N–H and O–H groups in total. The first-order valence-electron chi connectivity index (χ1n) is 5.82. The second kappa shape index (κ2) is 4.59. The summed E-state index contributed by atoms with van der Waals surface area (Å²) in [6.07, 6.45) is -5.59. The van der Waals surface area contributed by atoms with E-state index in [1.165, 1.54) is 0 Å². The first-order valence-corrected chi connectivity index (χ1v) is 5.82. The molecule has 0 unspecified atom stereocenters. The zero-order chi connectivity index (χ0) is 14.4. The molecule has 4 atom stereocenters. The van der Waals surface area contributed by atoms with Gasteiger partial charge >= 0.3 is 6.08 Å². The highest BCUT2D eigenvalue weighted by molar-refractivity contribution is 5.85. The number of aliphatic hydroxyl groups is 3. The molecule has 2 aromatic rings. The molecule has 0 aliphatic carbocycles. The van der Waals surface area contributed by atoms with Crippen LogP contribution in [0.4, 0.5) is 10.2 Å². The first-order chi connectivity index (χ1) is 9.52. The summed E-state index contributed by atoms with van der Waals surface area (Å²) in [5.74, 6) is -0.151. The molecule has 0 saturated carbocycles. The number of aliphatic hydroxyl groups excluding tert-OH is 3. The molecular formula is C10H12FN5O4. The van der Waals surface area contributed by atoms with Crippen molar-refractivity contribution in [2.45, 2.75) is 24.4 Å². The van der Waals surface area contributed by atoms with Gasteiger partial charge in [0.2, 0.25) is 0 Å². The van der Waals surface area contributed by atoms with Gasteiger partial charge in [-0.1, -0.05) is 0 Å². The first kappa shape index (κ1) is 13.1. The molecule has 3 heterocycles. The number of hydrogen-bond acceptors (Lipinski definition) is 8. The average molecular weight is 285 g/mol. The minimum absolute atomic E-state index is 0.0600. The summed E-state index contributed by atoms with van der Waals surface area (Å²) < 4.78 is 18.5. The van der Waals surface area contributed by atoms with E-state index in [2.05, 4.69) is 20.2 Å². The molecule has 0 radical (unpaired) electrons. The zero-order valence-electron chi connectivity index (χ0n) is 10.1. The van der Waals surface area contributed by atoms with E-state index in [0.29, 0.717) is 0 Å². The zero-order valence-corrected chi connectivity index (χ0v) is 10.1. The van der Waals surface area contributed by atoms with Crippen LogP contribution in [-0.4, -0.2) is 60.4 Å². The minimum Gasteiger partial charge on any atom is -0.394 e. The third-order valence-corrected chi connectivity index (χ3v) is 3.25. The van der Waals surface area contributed by atoms with Crippen LogP contribution in [-0.2, 0) is 4.74 Å². The molecule has 2 aromatic heterocycles. The van der Waals surface area contributed by atoms with Crippen LogP contribution in [0.1, 0.15) is 11.8 Å². The number of nitrogens with two attached hydrogens (primary N) is 1. The summed E-state index contributed by atoms with van der Waals surface area (Å²) in [7, 11) is 0. The van der Waals surface area contributed by atoms with Crippen molar-refractivity contribution in [3.05, 3.63) is 11.8 Å². The molecule has 20 heavy (non-hydrogen) atoms. The summed E-state index contributed by atoms with van der Waals surface area (Å²) in [6.45, 7) is -0.466. The number of aromatic amines is 1. The van der Waals surface area contributed by atoms with Crippen LogP contribution in [0.15, 0.2) is 0 Å². The van der Waals surface area contributed by atoms with Gasteiger partial charge in [-0.25, -0.2) is 0 Å². The Morgan fingerprint density at radius 3 is 2.65 bits per heavy atom. The number of anilines is 1. The molecule has 0 aromatic carbocycles. The maximum atomic E-state index is 13.2. The Hall–Kier alpha value is -1.88. The molecule has 9 nitrogen and oxygen atoms in total. The molecule has 10 heteroatoms. The Balaban J connectivity index is 2.07. The van der Waals surface area contributed by atoms with Gasteiger partial charge in [0.25, 0.3) is 0 Å². The van der Waals surface area contributed by atoms with Crippen LogP contribution in [0.5, 0.6) is 0 Å². The Bertz CT molecular complexity index is 650. The third kappa shape index (κ3) is 1.81. The highest BCUT2D eigenvalue weighted by Gasteiger charge is 2.44. The largest absolute Gasteiger partial charge is 0.394 e. The molecule has 1 aliphatic rings. The highest BCUT2D eigenvalue weighted by atomic mass is 19.1. The Morgan fingerprint density at radius 1 is 1.25 bits per heavy atom. The fourth-order valence-corrected chi connectivity index (χ4v) is 2.25. The van der Waals surface area contributed by atoms with Gasteiger partial charge in [-0.15, -0.1) is 0 Å². The van der Waals surface area contributed by atoms with Crippen molar-refractivity contribution in [1.82, 2.24) is 20.2 Å². The smallest absolute Gasteiger partial charge is 0.311 e. The van der Waals surface area contributed by atoms with E-state index in [1.54, 1.807) is 0 Å². The molecular weight excluding hydrogens is 273 g/mol. The van der Waals surface area contributed by atoms with Crippen LogP contribution in [0.25, 0.3) is 11.0 Å². The van der Waals surface area contributed by atoms with Gasteiger partial charge in [-0.3, -0.25) is 5.10 Å². The molecule has 108 valence electrons. The van der Waals surface area contributed by atoms with Crippen molar-refractivity contribution in [2.24, 2.45) is 0 Å². The summed E-state index contributed by atoms with van der Waals surface area (Å²) >= 11 is 0. The van der Waals surface area contributed by atoms with E-state index in [-0.39, 0.29) is 22.5 Å². The van der Waals surface area contributed by atoms with Crippen molar-refractivity contribution < 1.29 is 24.4 Å². The normalized spacial score (nSPS) is 30.2. The van der Waals surface area contributed by atoms with Gasteiger partial charge in [-0.2, -0.15) is 19.5 Å². The van der Waals surface area contributed by atoms with Gasteiger partial charge in [0, 0.05) is 0 Å². The summed E-state index contributed by atoms with van der Waals surface area (Å²) in [5.41, 5.74) is 5.88. The molecule has 1 fully saturated rings. The number of rotatable bonds is 2. The fourth-order valence-electron chi connectivity index (χ4n) is 2.25. The summed E-state index contributed by atoms with van der Waals surface area (Å²) in [6, 6.07) is 0. The van der Waals surface area contributed by atoms with E-state index in [4.69, 9.17) is 15.6 Å². The fraction of sp³-hybridized carbons (Fsp3) is 0.500. The second-order valence-corrected chi connectivity index (χ2v) is 4.47. The number of aromatic nitrogens is 4. The average Bonchev–Trinajstić information content (AvgIpc) is 2.93. The maximum Gasteiger partial charge on any atom is 0.311 e. The minimum atomic E-state index is -1.31. The molecule has 1 aliphatic heterocycles. The quantitative estimate of drug-likeness (QED) is 0.407. The number of H-pyrrole nitrogens is 1. The molecule has 0 bridgehead atoms. The van der Waals surface area contributed by atoms with Gasteiger partial charge in [0.1, 0.15) is 29.9 Å². The Kier molecular flexibility index (Phi) is 3.01. The number of nitrogen functional groups attached to an aromatic ring is 1. The van der Waals surface area contributed by atoms with Crippen LogP contribution in [0.2, 0.25) is 0 Å². The predicted molar refractivity (Wildman–Crippen MR) is 62.8 cm³/mol. The number of nitrogens with zero attached hydrogens (tertiary/aromatic N) is 3. The predicted octanol–water partition coefficient (Wildman–Crippen LogP) is -1.77. The molecule has 0 spiro atoms. The van der Waals surface area contributed by atoms with Crippen LogP contribution < -0.4 is 5.73 Å². The standard InChI is InChI=1S/C10H12FN5O4/c11-10-13-3-4(15-16-5(3)9(12)14-10)8-7(19)6(18)2(1-17)20-8/h2,6-8,17-19H,1H2,(H,15,16)(H2,12,13,14)/t2-,6-,7-,8+/m0/s1. The SMILES string of the molecule is Nc1nc(F)nc2c([C@H]3O[C@@H](CO)[C@H](O)[C@@H]3O)[nH]nc12. The van der Waals surface area contributed by atoms with Gasteiger partial charge < -0.3 is 25.8 Å². The van der Waals surface area contributed by atoms with Crippen molar-refractivity contribution in [3.8, 4) is 0 Å². The number of hydrogen-bond donors (Lipinski definition) is 5. The van der Waals surface area contributed by atoms with Crippen LogP contribution in [0.3, 0.4) is 0 Å². The maximum absolute atomic E-state index is 13.2. The Labute approximate surface area is 111 Å². The monoisotopic (exact) mass is 285 g/mol. The third-order valence-electron chi connectivity index (χ3n) is 3.25. The molecule has 0 amide bonds. The molecule has 1 saturated heterocycles. The van der Waals surface area contributed by atoms with Gasteiger partial charge in [0.05, 0.1) is 12.3 Å². The lowest BCUT2D eigenvalue weighted by Gasteiger charge is -2.12. The van der Waals surface area contributed by atoms with E-state index in [1.807, 2.05) is 0 Å². The van der Waals surface area contributed by atoms with Crippen LogP contribution in [0, 0.1) is 6.08 Å². The van der Waals surface area contributed by atoms with Gasteiger partial charge in [-0.05, 0) is 0 Å². The lowest BCUT2D eigenvalue weighted by atomic mass is 10.1. The van der Waals surface area contributed by atoms with Crippen molar-refractivity contribution in [2.75, 3.05) is 12.3 Å². The highest BCUT2D eigenvalue weighted by Crippen LogP contribution is 2.35. The van der Waals surface area contributed by atoms with Crippen molar-refractivity contribution in [3.63, 3.8) is 0 Å². The van der Waals surface area contributed by atoms with Gasteiger partial charge in [0.15, 0.2) is 11.3 Å². The number of halogens is 1. The van der Waals surface area contributed by atoms with E-state index < -0.39 is 37.1 Å². The number of fused-ring (bicyclic) bond motifs is 1. The van der Waals surface area contributed by atoms with E-state index >= 15 is 0 Å². The van der Waals surface area contributed by atoms with Crippen molar-refractivity contribution >= 4 is 16.9 Å². The Morgan fingerprint density at radius 2 is 2.00 bits per heavy atom. The lowest BCUT2D eigenvalue weighted by Crippen LogP contribution is -2.32. The van der Waals surface area contributed by atoms with E-state index in [9.17, 15) is 14.6 Å².